The van der Waals surface area contributed by atoms with E-state index in [2.05, 4.69) is 5.32 Å². The van der Waals surface area contributed by atoms with Gasteiger partial charge in [0.1, 0.15) is 16.7 Å². The maximum Gasteiger partial charge on any atom is 0.265 e. The van der Waals surface area contributed by atoms with Crippen LogP contribution in [0.15, 0.2) is 59.1 Å². The molecular weight excluding hydrogens is 394 g/mol. The molecule has 3 rings (SSSR count). The number of nitrogens with zero attached hydrogens (tertiary/aromatic N) is 2. The highest BCUT2D eigenvalue weighted by Crippen LogP contribution is 2.42. The quantitative estimate of drug-likeness (QED) is 0.559. The lowest BCUT2D eigenvalue weighted by Crippen LogP contribution is -2.32. The molecule has 1 heterocycles. The number of benzene rings is 2. The third-order valence-corrected chi connectivity index (χ3v) is 6.70. The number of amides is 2. The van der Waals surface area contributed by atoms with E-state index in [0.717, 1.165) is 16.7 Å². The second-order valence-electron chi connectivity index (χ2n) is 7.35. The van der Waals surface area contributed by atoms with E-state index >= 15 is 0 Å². The number of aryl methyl sites for hydroxylation is 2. The molecular formula is C24H25N3O2S. The minimum atomic E-state index is -0.477. The van der Waals surface area contributed by atoms with Crippen molar-refractivity contribution in [1.82, 2.24) is 5.32 Å². The van der Waals surface area contributed by atoms with Crippen LogP contribution >= 0.6 is 11.8 Å². The van der Waals surface area contributed by atoms with E-state index in [9.17, 15) is 14.9 Å². The van der Waals surface area contributed by atoms with Crippen molar-refractivity contribution in [2.75, 3.05) is 4.90 Å². The predicted molar refractivity (Wildman–Crippen MR) is 121 cm³/mol. The fourth-order valence-corrected chi connectivity index (χ4v) is 4.51. The van der Waals surface area contributed by atoms with Crippen molar-refractivity contribution in [1.29, 1.82) is 5.26 Å². The van der Waals surface area contributed by atoms with Crippen LogP contribution in [0.5, 0.6) is 0 Å². The third kappa shape index (κ3) is 4.27. The topological polar surface area (TPSA) is 73.2 Å². The molecule has 1 fully saturated rings. The van der Waals surface area contributed by atoms with Crippen LogP contribution in [-0.2, 0) is 9.59 Å². The molecule has 6 heteroatoms. The first-order valence-electron chi connectivity index (χ1n) is 9.95. The van der Waals surface area contributed by atoms with E-state index in [1.807, 2.05) is 82.3 Å². The summed E-state index contributed by atoms with van der Waals surface area (Å²) in [6.07, 6.45) is 0.620. The standard InChI is InChI=1S/C24H25N3O2S/c1-5-21-23(29)27(19-12-11-15(2)16(3)13-19)24(30-21)20(14-25)22(28)26-17(4)18-9-7-6-8-10-18/h6-13,17,21H,5H2,1-4H3,(H,26,28)/b24-20-. The molecule has 0 bridgehead atoms. The SMILES string of the molecule is CCC1S/C(=C(/C#N)C(=O)NC(C)c2ccccc2)N(c2ccc(C)c(C)c2)C1=O. The summed E-state index contributed by atoms with van der Waals surface area (Å²) in [4.78, 5) is 27.6. The van der Waals surface area contributed by atoms with Crippen molar-refractivity contribution in [3.63, 3.8) is 0 Å². The van der Waals surface area contributed by atoms with Gasteiger partial charge in [-0.3, -0.25) is 14.5 Å². The number of hydrogen-bond acceptors (Lipinski definition) is 4. The van der Waals surface area contributed by atoms with Gasteiger partial charge in [0.25, 0.3) is 5.91 Å². The van der Waals surface area contributed by atoms with Crippen molar-refractivity contribution in [2.45, 2.75) is 45.4 Å². The molecule has 0 radical (unpaired) electrons. The number of nitrogens with one attached hydrogen (secondary N) is 1. The van der Waals surface area contributed by atoms with E-state index in [1.54, 1.807) is 0 Å². The fraction of sp³-hybridized carbons (Fsp3) is 0.292. The van der Waals surface area contributed by atoms with Crippen molar-refractivity contribution < 1.29 is 9.59 Å². The summed E-state index contributed by atoms with van der Waals surface area (Å²) in [6.45, 7) is 7.79. The van der Waals surface area contributed by atoms with Gasteiger partial charge in [-0.25, -0.2) is 0 Å². The van der Waals surface area contributed by atoms with Crippen molar-refractivity contribution in [2.24, 2.45) is 0 Å². The molecule has 2 aromatic rings. The number of thioether (sulfide) groups is 1. The lowest BCUT2D eigenvalue weighted by molar-refractivity contribution is -0.117. The zero-order valence-electron chi connectivity index (χ0n) is 17.6. The number of hydrogen-bond donors (Lipinski definition) is 1. The van der Waals surface area contributed by atoms with E-state index in [-0.39, 0.29) is 22.8 Å². The zero-order chi connectivity index (χ0) is 21.8. The molecule has 2 atom stereocenters. The molecule has 0 saturated carbocycles. The Morgan fingerprint density at radius 2 is 1.90 bits per heavy atom. The van der Waals surface area contributed by atoms with E-state index in [0.29, 0.717) is 17.1 Å². The first-order valence-corrected chi connectivity index (χ1v) is 10.8. The number of anilines is 1. The van der Waals surface area contributed by atoms with E-state index in [1.165, 1.54) is 16.7 Å². The van der Waals surface area contributed by atoms with Gasteiger partial charge in [-0.1, -0.05) is 55.1 Å². The number of carbonyl (C=O) groups is 2. The van der Waals surface area contributed by atoms with Crippen molar-refractivity contribution in [3.05, 3.63) is 75.8 Å². The molecule has 0 aliphatic carbocycles. The van der Waals surface area contributed by atoms with Crippen LogP contribution in [0.3, 0.4) is 0 Å². The van der Waals surface area contributed by atoms with Gasteiger partial charge in [0, 0.05) is 5.69 Å². The fourth-order valence-electron chi connectivity index (χ4n) is 3.31. The molecule has 5 nitrogen and oxygen atoms in total. The van der Waals surface area contributed by atoms with Gasteiger partial charge in [0.05, 0.1) is 11.3 Å². The van der Waals surface area contributed by atoms with Crippen molar-refractivity contribution in [3.8, 4) is 6.07 Å². The molecule has 0 spiro atoms. The molecule has 1 N–H and O–H groups in total. The Balaban J connectivity index is 1.99. The predicted octanol–water partition coefficient (Wildman–Crippen LogP) is 4.77. The number of nitriles is 1. The first-order chi connectivity index (χ1) is 14.4. The highest BCUT2D eigenvalue weighted by atomic mass is 32.2. The Labute approximate surface area is 181 Å². The second-order valence-corrected chi connectivity index (χ2v) is 8.55. The molecule has 1 saturated heterocycles. The van der Waals surface area contributed by atoms with E-state index < -0.39 is 5.91 Å². The minimum Gasteiger partial charge on any atom is -0.345 e. The van der Waals surface area contributed by atoms with Crippen LogP contribution in [-0.4, -0.2) is 17.1 Å². The summed E-state index contributed by atoms with van der Waals surface area (Å²) in [5.74, 6) is -0.577. The van der Waals surface area contributed by atoms with Crippen LogP contribution < -0.4 is 10.2 Å². The van der Waals surface area contributed by atoms with Crippen LogP contribution in [0.25, 0.3) is 0 Å². The Bertz CT molecular complexity index is 1040. The summed E-state index contributed by atoms with van der Waals surface area (Å²) in [6, 6.07) is 17.1. The summed E-state index contributed by atoms with van der Waals surface area (Å²) in [5, 5.41) is 12.8. The third-order valence-electron chi connectivity index (χ3n) is 5.27. The molecule has 154 valence electrons. The molecule has 30 heavy (non-hydrogen) atoms. The van der Waals surface area contributed by atoms with Gasteiger partial charge in [0.15, 0.2) is 0 Å². The average Bonchev–Trinajstić information content (AvgIpc) is 3.07. The molecule has 2 aromatic carbocycles. The van der Waals surface area contributed by atoms with Gasteiger partial charge < -0.3 is 5.32 Å². The summed E-state index contributed by atoms with van der Waals surface area (Å²) < 4.78 is 0. The number of carbonyl (C=O) groups excluding carboxylic acids is 2. The average molecular weight is 420 g/mol. The Hall–Kier alpha value is -3.04. The van der Waals surface area contributed by atoms with Crippen LogP contribution in [0.4, 0.5) is 5.69 Å². The lowest BCUT2D eigenvalue weighted by Gasteiger charge is -2.20. The van der Waals surface area contributed by atoms with Gasteiger partial charge >= 0.3 is 0 Å². The summed E-state index contributed by atoms with van der Waals surface area (Å²) in [5.41, 5.74) is 3.75. The van der Waals surface area contributed by atoms with Gasteiger partial charge in [-0.05, 0) is 56.0 Å². The molecule has 2 amide bonds. The molecule has 1 aliphatic rings. The lowest BCUT2D eigenvalue weighted by atomic mass is 10.1. The summed E-state index contributed by atoms with van der Waals surface area (Å²) >= 11 is 1.29. The molecule has 2 unspecified atom stereocenters. The highest BCUT2D eigenvalue weighted by molar-refractivity contribution is 8.05. The van der Waals surface area contributed by atoms with Crippen LogP contribution in [0, 0.1) is 25.2 Å². The monoisotopic (exact) mass is 419 g/mol. The largest absolute Gasteiger partial charge is 0.345 e. The van der Waals surface area contributed by atoms with E-state index in [4.69, 9.17) is 0 Å². The Kier molecular flexibility index (Phi) is 6.63. The molecule has 0 aromatic heterocycles. The maximum atomic E-state index is 13.1. The van der Waals surface area contributed by atoms with Crippen LogP contribution in [0.1, 0.15) is 43.0 Å². The van der Waals surface area contributed by atoms with Gasteiger partial charge in [-0.2, -0.15) is 5.26 Å². The Morgan fingerprint density at radius 3 is 2.50 bits per heavy atom. The van der Waals surface area contributed by atoms with Crippen LogP contribution in [0.2, 0.25) is 0 Å². The minimum absolute atomic E-state index is 0.0368. The van der Waals surface area contributed by atoms with Gasteiger partial charge in [-0.15, -0.1) is 0 Å². The number of rotatable bonds is 5. The Morgan fingerprint density at radius 1 is 1.20 bits per heavy atom. The zero-order valence-corrected chi connectivity index (χ0v) is 18.4. The summed E-state index contributed by atoms with van der Waals surface area (Å²) in [7, 11) is 0. The normalized spacial score (nSPS) is 18.7. The second kappa shape index (κ2) is 9.19. The molecule has 1 aliphatic heterocycles. The van der Waals surface area contributed by atoms with Gasteiger partial charge in [0.2, 0.25) is 5.91 Å². The first kappa shape index (κ1) is 21.7. The maximum absolute atomic E-state index is 13.1. The smallest absolute Gasteiger partial charge is 0.265 e. The highest BCUT2D eigenvalue weighted by Gasteiger charge is 2.40. The van der Waals surface area contributed by atoms with Crippen molar-refractivity contribution >= 4 is 29.3 Å².